The van der Waals surface area contributed by atoms with Gasteiger partial charge in [-0.1, -0.05) is 18.2 Å². The summed E-state index contributed by atoms with van der Waals surface area (Å²) in [6.45, 7) is 5.17. The van der Waals surface area contributed by atoms with Crippen molar-refractivity contribution in [3.63, 3.8) is 0 Å². The van der Waals surface area contributed by atoms with E-state index < -0.39 is 0 Å². The Morgan fingerprint density at radius 1 is 1.04 bits per heavy atom. The van der Waals surface area contributed by atoms with Gasteiger partial charge in [0.05, 0.1) is 0 Å². The zero-order valence-electron chi connectivity index (χ0n) is 13.7. The lowest BCUT2D eigenvalue weighted by Gasteiger charge is -2.35. The van der Waals surface area contributed by atoms with Gasteiger partial charge < -0.3 is 14.2 Å². The number of carbonyl (C=O) groups excluding carboxylic acids is 1. The summed E-state index contributed by atoms with van der Waals surface area (Å²) in [5.41, 5.74) is 3.70. The smallest absolute Gasteiger partial charge is 0.274 e. The second kappa shape index (κ2) is 6.00. The number of piperazine rings is 1. The summed E-state index contributed by atoms with van der Waals surface area (Å²) in [5.74, 6) is 0.0177. The maximum absolute atomic E-state index is 12.7. The van der Waals surface area contributed by atoms with Crippen LogP contribution in [0.3, 0.4) is 0 Å². The summed E-state index contributed by atoms with van der Waals surface area (Å²) in [4.78, 5) is 21.4. The molecule has 0 N–H and O–H groups in total. The van der Waals surface area contributed by atoms with Crippen molar-refractivity contribution in [3.8, 4) is 0 Å². The van der Waals surface area contributed by atoms with Gasteiger partial charge in [0.25, 0.3) is 5.91 Å². The highest BCUT2D eigenvalue weighted by atomic mass is 16.2. The third kappa shape index (κ3) is 2.73. The number of fused-ring (bicyclic) bond motifs is 1. The molecular weight excluding hydrogens is 300 g/mol. The second-order valence-electron chi connectivity index (χ2n) is 6.21. The van der Waals surface area contributed by atoms with Gasteiger partial charge in [-0.2, -0.15) is 0 Å². The second-order valence-corrected chi connectivity index (χ2v) is 6.21. The Morgan fingerprint density at radius 2 is 1.79 bits per heavy atom. The van der Waals surface area contributed by atoms with Crippen molar-refractivity contribution < 1.29 is 4.79 Å². The normalized spacial score (nSPS) is 15.0. The highest BCUT2D eigenvalue weighted by Gasteiger charge is 2.24. The molecule has 1 aliphatic rings. The standard InChI is InChI=1S/C19H20N4O/c1-15-7-8-23-14-17(20-18(23)13-15)19(24)22-11-9-21(10-12-22)16-5-3-2-4-6-16/h2-8,13-14H,9-12H2,1H3. The number of nitrogens with zero attached hydrogens (tertiary/aromatic N) is 4. The molecule has 3 aromatic rings. The molecule has 0 radical (unpaired) electrons. The fourth-order valence-corrected chi connectivity index (χ4v) is 3.16. The average molecular weight is 320 g/mol. The molecule has 1 amide bonds. The van der Waals surface area contributed by atoms with E-state index in [-0.39, 0.29) is 5.91 Å². The molecule has 0 aliphatic carbocycles. The number of hydrogen-bond acceptors (Lipinski definition) is 3. The van der Waals surface area contributed by atoms with Crippen LogP contribution in [0.4, 0.5) is 5.69 Å². The van der Waals surface area contributed by atoms with Crippen molar-refractivity contribution in [2.45, 2.75) is 6.92 Å². The predicted molar refractivity (Wildman–Crippen MR) is 94.5 cm³/mol. The van der Waals surface area contributed by atoms with Crippen molar-refractivity contribution in [1.82, 2.24) is 14.3 Å². The number of pyridine rings is 1. The largest absolute Gasteiger partial charge is 0.368 e. The molecule has 2 aromatic heterocycles. The number of hydrogen-bond donors (Lipinski definition) is 0. The summed E-state index contributed by atoms with van der Waals surface area (Å²) in [6.07, 6.45) is 3.77. The van der Waals surface area contributed by atoms with Crippen LogP contribution in [0, 0.1) is 6.92 Å². The highest BCUT2D eigenvalue weighted by Crippen LogP contribution is 2.17. The molecule has 0 unspecified atom stereocenters. The summed E-state index contributed by atoms with van der Waals surface area (Å²) in [7, 11) is 0. The van der Waals surface area contributed by atoms with E-state index in [9.17, 15) is 4.79 Å². The zero-order chi connectivity index (χ0) is 16.5. The minimum atomic E-state index is 0.0177. The molecule has 1 fully saturated rings. The lowest BCUT2D eigenvalue weighted by atomic mass is 10.2. The molecule has 122 valence electrons. The number of para-hydroxylation sites is 1. The van der Waals surface area contributed by atoms with E-state index in [1.165, 1.54) is 5.69 Å². The van der Waals surface area contributed by atoms with Gasteiger partial charge in [-0.3, -0.25) is 4.79 Å². The van der Waals surface area contributed by atoms with Gasteiger partial charge in [0.1, 0.15) is 11.3 Å². The Hall–Kier alpha value is -2.82. The first-order valence-electron chi connectivity index (χ1n) is 8.25. The molecule has 1 saturated heterocycles. The van der Waals surface area contributed by atoms with Gasteiger partial charge in [0.15, 0.2) is 0 Å². The fourth-order valence-electron chi connectivity index (χ4n) is 3.16. The molecule has 24 heavy (non-hydrogen) atoms. The Labute approximate surface area is 141 Å². The van der Waals surface area contributed by atoms with Crippen LogP contribution in [-0.4, -0.2) is 46.4 Å². The third-order valence-corrected chi connectivity index (χ3v) is 4.52. The Morgan fingerprint density at radius 3 is 2.54 bits per heavy atom. The fraction of sp³-hybridized carbons (Fsp3) is 0.263. The number of aromatic nitrogens is 2. The van der Waals surface area contributed by atoms with Crippen LogP contribution >= 0.6 is 0 Å². The van der Waals surface area contributed by atoms with Crippen molar-refractivity contribution in [1.29, 1.82) is 0 Å². The summed E-state index contributed by atoms with van der Waals surface area (Å²) in [6, 6.07) is 14.3. The molecule has 5 heteroatoms. The van der Waals surface area contributed by atoms with Crippen molar-refractivity contribution in [2.75, 3.05) is 31.1 Å². The van der Waals surface area contributed by atoms with E-state index in [4.69, 9.17) is 0 Å². The number of rotatable bonds is 2. The van der Waals surface area contributed by atoms with E-state index in [0.29, 0.717) is 5.69 Å². The van der Waals surface area contributed by atoms with E-state index in [1.54, 1.807) is 0 Å². The Kier molecular flexibility index (Phi) is 3.69. The number of amides is 1. The summed E-state index contributed by atoms with van der Waals surface area (Å²) >= 11 is 0. The predicted octanol–water partition coefficient (Wildman–Crippen LogP) is 2.61. The van der Waals surface area contributed by atoms with Crippen LogP contribution < -0.4 is 4.90 Å². The van der Waals surface area contributed by atoms with Gasteiger partial charge in [0.2, 0.25) is 0 Å². The molecule has 1 aromatic carbocycles. The minimum absolute atomic E-state index is 0.0177. The average Bonchev–Trinajstić information content (AvgIpc) is 3.05. The summed E-state index contributed by atoms with van der Waals surface area (Å²) in [5, 5.41) is 0. The van der Waals surface area contributed by atoms with E-state index in [1.807, 2.05) is 58.9 Å². The van der Waals surface area contributed by atoms with Gasteiger partial charge in [0, 0.05) is 44.3 Å². The number of anilines is 1. The van der Waals surface area contributed by atoms with Gasteiger partial charge in [-0.05, 0) is 36.8 Å². The molecular formula is C19H20N4O. The number of aryl methyl sites for hydroxylation is 1. The highest BCUT2D eigenvalue weighted by molar-refractivity contribution is 5.93. The van der Waals surface area contributed by atoms with Crippen molar-refractivity contribution >= 4 is 17.2 Å². The van der Waals surface area contributed by atoms with E-state index >= 15 is 0 Å². The molecule has 5 nitrogen and oxygen atoms in total. The molecule has 0 spiro atoms. The zero-order valence-corrected chi connectivity index (χ0v) is 13.7. The Balaban J connectivity index is 1.47. The van der Waals surface area contributed by atoms with Crippen LogP contribution in [0.2, 0.25) is 0 Å². The molecule has 0 bridgehead atoms. The molecule has 1 aliphatic heterocycles. The van der Waals surface area contributed by atoms with Gasteiger partial charge >= 0.3 is 0 Å². The molecule has 4 rings (SSSR count). The maximum Gasteiger partial charge on any atom is 0.274 e. The van der Waals surface area contributed by atoms with E-state index in [0.717, 1.165) is 37.4 Å². The van der Waals surface area contributed by atoms with Crippen LogP contribution in [-0.2, 0) is 0 Å². The SMILES string of the molecule is Cc1ccn2cc(C(=O)N3CCN(c4ccccc4)CC3)nc2c1. The number of benzene rings is 1. The van der Waals surface area contributed by atoms with Gasteiger partial charge in [-0.25, -0.2) is 4.98 Å². The first-order valence-corrected chi connectivity index (χ1v) is 8.25. The monoisotopic (exact) mass is 320 g/mol. The van der Waals surface area contributed by atoms with Crippen LogP contribution in [0.25, 0.3) is 5.65 Å². The number of imidazole rings is 1. The maximum atomic E-state index is 12.7. The van der Waals surface area contributed by atoms with Crippen LogP contribution in [0.15, 0.2) is 54.9 Å². The topological polar surface area (TPSA) is 40.9 Å². The first kappa shape index (κ1) is 14.8. The lowest BCUT2D eigenvalue weighted by Crippen LogP contribution is -2.48. The molecule has 0 atom stereocenters. The number of carbonyl (C=O) groups is 1. The minimum Gasteiger partial charge on any atom is -0.368 e. The Bertz CT molecular complexity index is 863. The molecule has 3 heterocycles. The molecule has 0 saturated carbocycles. The van der Waals surface area contributed by atoms with Gasteiger partial charge in [-0.15, -0.1) is 0 Å². The lowest BCUT2D eigenvalue weighted by molar-refractivity contribution is 0.0741. The summed E-state index contributed by atoms with van der Waals surface area (Å²) < 4.78 is 1.90. The van der Waals surface area contributed by atoms with Crippen molar-refractivity contribution in [3.05, 3.63) is 66.1 Å². The van der Waals surface area contributed by atoms with Crippen molar-refractivity contribution in [2.24, 2.45) is 0 Å². The third-order valence-electron chi connectivity index (χ3n) is 4.52. The van der Waals surface area contributed by atoms with Crippen LogP contribution in [0.5, 0.6) is 0 Å². The van der Waals surface area contributed by atoms with Crippen LogP contribution in [0.1, 0.15) is 16.1 Å². The first-order chi connectivity index (χ1) is 11.7. The quantitative estimate of drug-likeness (QED) is 0.729. The van der Waals surface area contributed by atoms with E-state index in [2.05, 4.69) is 22.0 Å².